The second kappa shape index (κ2) is 8.42. The molecule has 0 fully saturated rings. The van der Waals surface area contributed by atoms with Crippen molar-refractivity contribution >= 4 is 15.6 Å². The number of Topliss-reactive ketones (excluding diaryl/α,β-unsaturated/α-hetero) is 1. The number of hydrogen-bond donors (Lipinski definition) is 0. The van der Waals surface area contributed by atoms with Crippen LogP contribution >= 0.6 is 0 Å². The maximum absolute atomic E-state index is 12.5. The van der Waals surface area contributed by atoms with Gasteiger partial charge in [-0.15, -0.1) is 0 Å². The van der Waals surface area contributed by atoms with Gasteiger partial charge < -0.3 is 9.47 Å². The third-order valence-corrected chi connectivity index (χ3v) is 7.29. The number of carbonyl (C=O) groups is 1. The highest BCUT2D eigenvalue weighted by Gasteiger charge is 2.22. The van der Waals surface area contributed by atoms with Crippen molar-refractivity contribution in [2.24, 2.45) is 5.92 Å². The highest BCUT2D eigenvalue weighted by molar-refractivity contribution is 7.91. The summed E-state index contributed by atoms with van der Waals surface area (Å²) < 4.78 is 34.7. The van der Waals surface area contributed by atoms with Gasteiger partial charge in [0.05, 0.1) is 11.0 Å². The topological polar surface area (TPSA) is 69.7 Å². The third kappa shape index (κ3) is 5.00. The summed E-state index contributed by atoms with van der Waals surface area (Å²) in [7, 11) is -3.00. The smallest absolute Gasteiger partial charge is 0.231 e. The number of carbonyl (C=O) groups excluding carboxylic acids is 1. The molecule has 1 aromatic rings. The van der Waals surface area contributed by atoms with E-state index >= 15 is 0 Å². The summed E-state index contributed by atoms with van der Waals surface area (Å²) >= 11 is 0. The maximum Gasteiger partial charge on any atom is 0.231 e. The van der Waals surface area contributed by atoms with E-state index in [2.05, 4.69) is 0 Å². The molecule has 0 amide bonds. The van der Waals surface area contributed by atoms with E-state index in [0.717, 1.165) is 34.6 Å². The SMILES string of the molecule is Cc1cc(CC(=O)CC(C)CCCS(=O)(=O)C(C)C)c(C)c2c1OCO2. The molecule has 1 aliphatic rings. The molecule has 6 heteroatoms. The molecule has 26 heavy (non-hydrogen) atoms. The number of ketones is 1. The molecule has 0 aliphatic carbocycles. The molecule has 0 radical (unpaired) electrons. The lowest BCUT2D eigenvalue weighted by Gasteiger charge is -2.14. The van der Waals surface area contributed by atoms with Gasteiger partial charge in [0.25, 0.3) is 0 Å². The zero-order chi connectivity index (χ0) is 19.5. The zero-order valence-corrected chi connectivity index (χ0v) is 17.2. The molecule has 0 N–H and O–H groups in total. The first-order valence-electron chi connectivity index (χ1n) is 9.23. The lowest BCUT2D eigenvalue weighted by atomic mass is 9.93. The van der Waals surface area contributed by atoms with Crippen molar-refractivity contribution in [3.8, 4) is 11.5 Å². The molecule has 1 atom stereocenters. The molecule has 146 valence electrons. The lowest BCUT2D eigenvalue weighted by molar-refractivity contribution is -0.119. The molecule has 1 unspecified atom stereocenters. The lowest BCUT2D eigenvalue weighted by Crippen LogP contribution is -2.18. The van der Waals surface area contributed by atoms with Gasteiger partial charge in [-0.1, -0.05) is 13.0 Å². The highest BCUT2D eigenvalue weighted by Crippen LogP contribution is 2.40. The normalized spacial score (nSPS) is 14.7. The Morgan fingerprint density at radius 1 is 1.15 bits per heavy atom. The number of sulfone groups is 1. The molecule has 0 aromatic heterocycles. The quantitative estimate of drug-likeness (QED) is 0.650. The average Bonchev–Trinajstić information content (AvgIpc) is 3.02. The van der Waals surface area contributed by atoms with E-state index in [4.69, 9.17) is 9.47 Å². The van der Waals surface area contributed by atoms with Gasteiger partial charge in [-0.25, -0.2) is 8.42 Å². The average molecular weight is 383 g/mol. The summed E-state index contributed by atoms with van der Waals surface area (Å²) in [5.41, 5.74) is 2.93. The fraction of sp³-hybridized carbons (Fsp3) is 0.650. The molecule has 1 aliphatic heterocycles. The van der Waals surface area contributed by atoms with Gasteiger partial charge in [0, 0.05) is 12.8 Å². The fourth-order valence-corrected chi connectivity index (χ4v) is 4.30. The fourth-order valence-electron chi connectivity index (χ4n) is 3.26. The van der Waals surface area contributed by atoms with Crippen LogP contribution in [0.5, 0.6) is 11.5 Å². The Morgan fingerprint density at radius 3 is 2.46 bits per heavy atom. The number of benzene rings is 1. The molecular formula is C20H30O5S. The number of fused-ring (bicyclic) bond motifs is 1. The first kappa shape index (κ1) is 20.7. The molecule has 1 heterocycles. The Morgan fingerprint density at radius 2 is 1.81 bits per heavy atom. The summed E-state index contributed by atoms with van der Waals surface area (Å²) in [5.74, 6) is 2.08. The highest BCUT2D eigenvalue weighted by atomic mass is 32.2. The van der Waals surface area contributed by atoms with Crippen molar-refractivity contribution in [1.82, 2.24) is 0 Å². The van der Waals surface area contributed by atoms with E-state index in [1.807, 2.05) is 26.8 Å². The first-order valence-corrected chi connectivity index (χ1v) is 10.9. The van der Waals surface area contributed by atoms with Crippen molar-refractivity contribution in [2.75, 3.05) is 12.5 Å². The second-order valence-electron chi connectivity index (χ2n) is 7.63. The molecule has 0 bridgehead atoms. The molecule has 0 saturated carbocycles. The summed E-state index contributed by atoms with van der Waals surface area (Å²) in [6.07, 6.45) is 2.20. The van der Waals surface area contributed by atoms with E-state index in [1.54, 1.807) is 13.8 Å². The van der Waals surface area contributed by atoms with Crippen LogP contribution in [0.2, 0.25) is 0 Å². The minimum absolute atomic E-state index is 0.172. The Labute approximate surface area is 157 Å². The van der Waals surface area contributed by atoms with E-state index in [0.29, 0.717) is 19.3 Å². The number of aryl methyl sites for hydroxylation is 1. The van der Waals surface area contributed by atoms with E-state index in [1.165, 1.54) is 0 Å². The van der Waals surface area contributed by atoms with Crippen LogP contribution in [-0.4, -0.2) is 32.0 Å². The number of rotatable bonds is 9. The van der Waals surface area contributed by atoms with Gasteiger partial charge in [0.15, 0.2) is 21.3 Å². The van der Waals surface area contributed by atoms with Gasteiger partial charge in [-0.05, 0) is 63.1 Å². The predicted molar refractivity (Wildman–Crippen MR) is 103 cm³/mol. The van der Waals surface area contributed by atoms with Gasteiger partial charge in [0.2, 0.25) is 6.79 Å². The van der Waals surface area contributed by atoms with Gasteiger partial charge in [-0.3, -0.25) is 4.79 Å². The molecule has 2 rings (SSSR count). The molecule has 0 spiro atoms. The van der Waals surface area contributed by atoms with Crippen molar-refractivity contribution < 1.29 is 22.7 Å². The van der Waals surface area contributed by atoms with Crippen LogP contribution < -0.4 is 9.47 Å². The molecule has 5 nitrogen and oxygen atoms in total. The first-order chi connectivity index (χ1) is 12.1. The third-order valence-electron chi connectivity index (χ3n) is 4.99. The zero-order valence-electron chi connectivity index (χ0n) is 16.4. The predicted octanol–water partition coefficient (Wildman–Crippen LogP) is 3.77. The van der Waals surface area contributed by atoms with Gasteiger partial charge >= 0.3 is 0 Å². The minimum atomic E-state index is -3.00. The Hall–Kier alpha value is -1.56. The van der Waals surface area contributed by atoms with Crippen LogP contribution in [0.15, 0.2) is 6.07 Å². The monoisotopic (exact) mass is 382 g/mol. The van der Waals surface area contributed by atoms with E-state index in [9.17, 15) is 13.2 Å². The van der Waals surface area contributed by atoms with E-state index in [-0.39, 0.29) is 29.5 Å². The summed E-state index contributed by atoms with van der Waals surface area (Å²) in [4.78, 5) is 12.5. The van der Waals surface area contributed by atoms with Crippen LogP contribution in [0.4, 0.5) is 0 Å². The van der Waals surface area contributed by atoms with Crippen molar-refractivity contribution in [3.63, 3.8) is 0 Å². The second-order valence-corrected chi connectivity index (χ2v) is 10.3. The number of hydrogen-bond acceptors (Lipinski definition) is 5. The van der Waals surface area contributed by atoms with Crippen LogP contribution in [0, 0.1) is 19.8 Å². The van der Waals surface area contributed by atoms with E-state index < -0.39 is 9.84 Å². The molecule has 1 aromatic carbocycles. The summed E-state index contributed by atoms with van der Waals surface area (Å²) in [5, 5.41) is -0.336. The van der Waals surface area contributed by atoms with Crippen LogP contribution in [0.3, 0.4) is 0 Å². The number of ether oxygens (including phenoxy) is 2. The Bertz CT molecular complexity index is 765. The van der Waals surface area contributed by atoms with Crippen molar-refractivity contribution in [2.45, 2.75) is 65.6 Å². The minimum Gasteiger partial charge on any atom is -0.453 e. The van der Waals surface area contributed by atoms with Crippen LogP contribution in [0.1, 0.15) is 56.7 Å². The van der Waals surface area contributed by atoms with Crippen molar-refractivity contribution in [1.29, 1.82) is 0 Å². The van der Waals surface area contributed by atoms with Crippen molar-refractivity contribution in [3.05, 3.63) is 22.8 Å². The largest absolute Gasteiger partial charge is 0.453 e. The summed E-state index contributed by atoms with van der Waals surface area (Å²) in [6.45, 7) is 9.56. The van der Waals surface area contributed by atoms with Crippen LogP contribution in [-0.2, 0) is 21.1 Å². The molecular weight excluding hydrogens is 352 g/mol. The Kier molecular flexibility index (Phi) is 6.72. The molecule has 0 saturated heterocycles. The maximum atomic E-state index is 12.5. The summed E-state index contributed by atoms with van der Waals surface area (Å²) in [6, 6.07) is 2.00. The van der Waals surface area contributed by atoms with Gasteiger partial charge in [-0.2, -0.15) is 0 Å². The standard InChI is InChI=1S/C20H30O5S/c1-13(2)26(22,23)8-6-7-14(3)9-18(21)11-17-10-15(4)19-20(16(17)5)25-12-24-19/h10,13-14H,6-9,11-12H2,1-5H3. The van der Waals surface area contributed by atoms with Crippen LogP contribution in [0.25, 0.3) is 0 Å². The Balaban J connectivity index is 1.88. The van der Waals surface area contributed by atoms with Gasteiger partial charge in [0.1, 0.15) is 5.78 Å².